The molecule has 3 atom stereocenters. The van der Waals surface area contributed by atoms with Gasteiger partial charge < -0.3 is 14.7 Å². The van der Waals surface area contributed by atoms with Gasteiger partial charge in [0.15, 0.2) is 0 Å². The SMILES string of the molecule is C[C@H]1CN([C@@H](C)CO)S(=O)(=O)c2ccc(-c3ccc(C#N)cc3)cc2O[C@@H]1CN(C)C. The average molecular weight is 444 g/mol. The number of nitrogens with zero attached hydrogens (tertiary/aromatic N) is 3. The average Bonchev–Trinajstić information content (AvgIpc) is 2.75. The topological polar surface area (TPSA) is 93.9 Å². The molecular formula is C23H29N3O4S. The third kappa shape index (κ3) is 4.91. The fourth-order valence-corrected chi connectivity index (χ4v) is 5.55. The van der Waals surface area contributed by atoms with Crippen LogP contribution < -0.4 is 4.74 Å². The van der Waals surface area contributed by atoms with Gasteiger partial charge in [0.25, 0.3) is 0 Å². The van der Waals surface area contributed by atoms with Gasteiger partial charge in [0.05, 0.1) is 18.2 Å². The lowest BCUT2D eigenvalue weighted by atomic mass is 10.0. The van der Waals surface area contributed by atoms with E-state index in [1.54, 1.807) is 37.3 Å². The molecule has 0 aliphatic carbocycles. The maximum atomic E-state index is 13.5. The van der Waals surface area contributed by atoms with Gasteiger partial charge >= 0.3 is 0 Å². The van der Waals surface area contributed by atoms with Crippen LogP contribution in [-0.4, -0.2) is 68.7 Å². The lowest BCUT2D eigenvalue weighted by Gasteiger charge is -2.37. The van der Waals surface area contributed by atoms with E-state index in [1.807, 2.05) is 38.1 Å². The van der Waals surface area contributed by atoms with E-state index in [2.05, 4.69) is 6.07 Å². The number of hydrogen-bond acceptors (Lipinski definition) is 6. The first-order chi connectivity index (χ1) is 14.7. The summed E-state index contributed by atoms with van der Waals surface area (Å²) in [5, 5.41) is 18.7. The number of hydrogen-bond donors (Lipinski definition) is 1. The number of benzene rings is 2. The van der Waals surface area contributed by atoms with Gasteiger partial charge in [0.1, 0.15) is 16.7 Å². The molecule has 0 fully saturated rings. The predicted molar refractivity (Wildman–Crippen MR) is 119 cm³/mol. The van der Waals surface area contributed by atoms with E-state index in [0.29, 0.717) is 17.9 Å². The Hall–Kier alpha value is -2.44. The molecule has 2 aromatic carbocycles. The molecule has 0 aromatic heterocycles. The summed E-state index contributed by atoms with van der Waals surface area (Å²) >= 11 is 0. The number of nitriles is 1. The molecule has 0 unspecified atom stereocenters. The zero-order valence-electron chi connectivity index (χ0n) is 18.3. The molecule has 8 heteroatoms. The van der Waals surface area contributed by atoms with Crippen molar-refractivity contribution in [2.75, 3.05) is 33.8 Å². The molecule has 31 heavy (non-hydrogen) atoms. The van der Waals surface area contributed by atoms with Crippen LogP contribution in [0.4, 0.5) is 0 Å². The van der Waals surface area contributed by atoms with Crippen LogP contribution >= 0.6 is 0 Å². The van der Waals surface area contributed by atoms with E-state index < -0.39 is 16.1 Å². The molecule has 0 spiro atoms. The number of sulfonamides is 1. The van der Waals surface area contributed by atoms with Crippen molar-refractivity contribution in [2.24, 2.45) is 5.92 Å². The molecule has 1 N–H and O–H groups in total. The molecule has 7 nitrogen and oxygen atoms in total. The number of aliphatic hydroxyl groups excluding tert-OH is 1. The van der Waals surface area contributed by atoms with Crippen LogP contribution in [-0.2, 0) is 10.0 Å². The fourth-order valence-electron chi connectivity index (χ4n) is 3.72. The number of rotatable bonds is 5. The lowest BCUT2D eigenvalue weighted by molar-refractivity contribution is 0.0813. The predicted octanol–water partition coefficient (Wildman–Crippen LogP) is 2.56. The van der Waals surface area contributed by atoms with E-state index in [1.165, 1.54) is 4.31 Å². The third-order valence-electron chi connectivity index (χ3n) is 5.56. The Morgan fingerprint density at radius 3 is 2.45 bits per heavy atom. The summed E-state index contributed by atoms with van der Waals surface area (Å²) in [5.74, 6) is 0.216. The van der Waals surface area contributed by atoms with Gasteiger partial charge in [0.2, 0.25) is 10.0 Å². The summed E-state index contributed by atoms with van der Waals surface area (Å²) in [4.78, 5) is 2.11. The first-order valence-electron chi connectivity index (χ1n) is 10.3. The standard InChI is InChI=1S/C23H29N3O4S/c1-16-13-26(17(2)15-27)31(28,29)23-10-9-20(19-7-5-18(12-24)6-8-19)11-21(23)30-22(16)14-25(3)4/h5-11,16-17,22,27H,13-15H2,1-4H3/t16-,17-,22+/m0/s1. The van der Waals surface area contributed by atoms with Gasteiger partial charge in [-0.05, 0) is 56.4 Å². The summed E-state index contributed by atoms with van der Waals surface area (Å²) in [7, 11) is 0.0476. The lowest BCUT2D eigenvalue weighted by Crippen LogP contribution is -2.49. The van der Waals surface area contributed by atoms with Crippen molar-refractivity contribution in [3.63, 3.8) is 0 Å². The van der Waals surface area contributed by atoms with Crippen molar-refractivity contribution in [3.05, 3.63) is 48.0 Å². The molecule has 0 radical (unpaired) electrons. The van der Waals surface area contributed by atoms with E-state index in [0.717, 1.165) is 11.1 Å². The second kappa shape index (κ2) is 9.37. The van der Waals surface area contributed by atoms with Crippen molar-refractivity contribution in [1.29, 1.82) is 5.26 Å². The smallest absolute Gasteiger partial charge is 0.247 e. The minimum Gasteiger partial charge on any atom is -0.487 e. The van der Waals surface area contributed by atoms with Gasteiger partial charge in [-0.1, -0.05) is 25.1 Å². The number of aliphatic hydroxyl groups is 1. The highest BCUT2D eigenvalue weighted by Crippen LogP contribution is 2.36. The zero-order chi connectivity index (χ0) is 22.8. The van der Waals surface area contributed by atoms with Crippen molar-refractivity contribution < 1.29 is 18.3 Å². The molecule has 0 saturated heterocycles. The van der Waals surface area contributed by atoms with Crippen LogP contribution in [0.1, 0.15) is 19.4 Å². The van der Waals surface area contributed by atoms with Gasteiger partial charge in [-0.3, -0.25) is 0 Å². The molecule has 166 valence electrons. The van der Waals surface area contributed by atoms with E-state index in [9.17, 15) is 13.5 Å². The largest absolute Gasteiger partial charge is 0.487 e. The minimum absolute atomic E-state index is 0.0853. The quantitative estimate of drug-likeness (QED) is 0.763. The van der Waals surface area contributed by atoms with Crippen molar-refractivity contribution in [2.45, 2.75) is 30.9 Å². The Bertz CT molecular complexity index is 1060. The minimum atomic E-state index is -3.86. The Labute approximate surface area is 184 Å². The molecule has 3 rings (SSSR count). The third-order valence-corrected chi connectivity index (χ3v) is 7.58. The van der Waals surface area contributed by atoms with Gasteiger partial charge in [-0.2, -0.15) is 9.57 Å². The van der Waals surface area contributed by atoms with Crippen LogP contribution in [0.2, 0.25) is 0 Å². The highest BCUT2D eigenvalue weighted by molar-refractivity contribution is 7.89. The molecule has 0 amide bonds. The van der Waals surface area contributed by atoms with Gasteiger partial charge in [0, 0.05) is 25.0 Å². The highest BCUT2D eigenvalue weighted by Gasteiger charge is 2.37. The molecule has 1 heterocycles. The second-order valence-corrected chi connectivity index (χ2v) is 10.2. The normalized spacial score (nSPS) is 22.0. The van der Waals surface area contributed by atoms with E-state index in [4.69, 9.17) is 10.00 Å². The fraction of sp³-hybridized carbons (Fsp3) is 0.435. The molecule has 1 aliphatic rings. The van der Waals surface area contributed by atoms with Crippen LogP contribution in [0.25, 0.3) is 11.1 Å². The highest BCUT2D eigenvalue weighted by atomic mass is 32.2. The second-order valence-electron chi connectivity index (χ2n) is 8.35. The number of fused-ring (bicyclic) bond motifs is 1. The van der Waals surface area contributed by atoms with Gasteiger partial charge in [-0.25, -0.2) is 8.42 Å². The zero-order valence-corrected chi connectivity index (χ0v) is 19.1. The molecular weight excluding hydrogens is 414 g/mol. The van der Waals surface area contributed by atoms with Crippen molar-refractivity contribution in [3.8, 4) is 22.9 Å². The maximum absolute atomic E-state index is 13.5. The van der Waals surface area contributed by atoms with Gasteiger partial charge in [-0.15, -0.1) is 0 Å². The summed E-state index contributed by atoms with van der Waals surface area (Å²) < 4.78 is 34.6. The van der Waals surface area contributed by atoms with Crippen molar-refractivity contribution >= 4 is 10.0 Å². The van der Waals surface area contributed by atoms with Crippen LogP contribution in [0.3, 0.4) is 0 Å². The summed E-state index contributed by atoms with van der Waals surface area (Å²) in [5.41, 5.74) is 2.22. The summed E-state index contributed by atoms with van der Waals surface area (Å²) in [6, 6.07) is 13.7. The monoisotopic (exact) mass is 443 g/mol. The molecule has 1 aliphatic heterocycles. The Balaban J connectivity index is 2.13. The summed E-state index contributed by atoms with van der Waals surface area (Å²) in [6.45, 7) is 4.31. The van der Waals surface area contributed by atoms with Crippen molar-refractivity contribution in [1.82, 2.24) is 9.21 Å². The van der Waals surface area contributed by atoms with Crippen LogP contribution in [0.5, 0.6) is 5.75 Å². The Kier molecular flexibility index (Phi) is 7.02. The number of likely N-dealkylation sites (N-methyl/N-ethyl adjacent to an activating group) is 1. The molecule has 0 saturated carbocycles. The Morgan fingerprint density at radius 2 is 1.87 bits per heavy atom. The first kappa shape index (κ1) is 23.2. The number of ether oxygens (including phenoxy) is 1. The van der Waals surface area contributed by atoms with E-state index >= 15 is 0 Å². The molecule has 2 aromatic rings. The van der Waals surface area contributed by atoms with E-state index in [-0.39, 0.29) is 30.1 Å². The first-order valence-corrected chi connectivity index (χ1v) is 11.7. The Morgan fingerprint density at radius 1 is 1.23 bits per heavy atom. The molecule has 0 bridgehead atoms. The maximum Gasteiger partial charge on any atom is 0.247 e. The van der Waals surface area contributed by atoms with Crippen LogP contribution in [0, 0.1) is 17.2 Å². The summed E-state index contributed by atoms with van der Waals surface area (Å²) in [6.07, 6.45) is -0.228. The van der Waals surface area contributed by atoms with Crippen LogP contribution in [0.15, 0.2) is 47.4 Å².